The van der Waals surface area contributed by atoms with E-state index < -0.39 is 0 Å². The molecule has 0 amide bonds. The molecule has 1 aromatic carbocycles. The minimum absolute atomic E-state index is 0.0298. The summed E-state index contributed by atoms with van der Waals surface area (Å²) in [6.07, 6.45) is 0. The summed E-state index contributed by atoms with van der Waals surface area (Å²) >= 11 is 1.65. The molecule has 108 valence electrons. The standard InChI is InChI=1S/C16H22N2OS/c1-11-14(10-19)15(18(5)17-11)20-13-8-6-12(7-9-13)16(2,3)4/h6-9,19H,10H2,1-5H3. The Bertz CT molecular complexity index is 594. The van der Waals surface area contributed by atoms with Crippen LogP contribution in [-0.4, -0.2) is 14.9 Å². The Kier molecular flexibility index (Phi) is 4.25. The average molecular weight is 290 g/mol. The minimum atomic E-state index is 0.0298. The number of hydrogen-bond acceptors (Lipinski definition) is 3. The third kappa shape index (κ3) is 3.07. The molecule has 0 fully saturated rings. The van der Waals surface area contributed by atoms with Crippen molar-refractivity contribution in [3.8, 4) is 0 Å². The molecule has 0 saturated heterocycles. The van der Waals surface area contributed by atoms with Crippen LogP contribution in [0, 0.1) is 6.92 Å². The average Bonchev–Trinajstić information content (AvgIpc) is 2.63. The van der Waals surface area contributed by atoms with Crippen molar-refractivity contribution in [3.63, 3.8) is 0 Å². The Morgan fingerprint density at radius 2 is 1.80 bits per heavy atom. The van der Waals surface area contributed by atoms with E-state index in [0.29, 0.717) is 0 Å². The molecule has 0 aliphatic rings. The molecular weight excluding hydrogens is 268 g/mol. The molecular formula is C16H22N2OS. The fourth-order valence-corrected chi connectivity index (χ4v) is 3.13. The fourth-order valence-electron chi connectivity index (χ4n) is 2.13. The van der Waals surface area contributed by atoms with Crippen molar-refractivity contribution in [2.24, 2.45) is 7.05 Å². The van der Waals surface area contributed by atoms with Gasteiger partial charge >= 0.3 is 0 Å². The highest BCUT2D eigenvalue weighted by molar-refractivity contribution is 7.99. The third-order valence-electron chi connectivity index (χ3n) is 3.38. The first-order valence-electron chi connectivity index (χ1n) is 6.74. The molecule has 0 aliphatic heterocycles. The van der Waals surface area contributed by atoms with Gasteiger partial charge in [0.25, 0.3) is 0 Å². The summed E-state index contributed by atoms with van der Waals surface area (Å²) in [5.41, 5.74) is 3.30. The Morgan fingerprint density at radius 3 is 2.30 bits per heavy atom. The van der Waals surface area contributed by atoms with Crippen LogP contribution in [0.2, 0.25) is 0 Å². The third-order valence-corrected chi connectivity index (χ3v) is 4.59. The van der Waals surface area contributed by atoms with Crippen molar-refractivity contribution >= 4 is 11.8 Å². The summed E-state index contributed by atoms with van der Waals surface area (Å²) in [4.78, 5) is 1.16. The first-order chi connectivity index (χ1) is 9.32. The molecule has 0 bridgehead atoms. The minimum Gasteiger partial charge on any atom is -0.392 e. The second kappa shape index (κ2) is 5.62. The lowest BCUT2D eigenvalue weighted by Gasteiger charge is -2.19. The SMILES string of the molecule is Cc1nn(C)c(Sc2ccc(C(C)(C)C)cc2)c1CO. The van der Waals surface area contributed by atoms with Crippen LogP contribution >= 0.6 is 11.8 Å². The van der Waals surface area contributed by atoms with Gasteiger partial charge in [0.15, 0.2) is 0 Å². The van der Waals surface area contributed by atoms with Crippen LogP contribution in [0.3, 0.4) is 0 Å². The normalized spacial score (nSPS) is 11.9. The number of aromatic nitrogens is 2. The number of aliphatic hydroxyl groups is 1. The maximum atomic E-state index is 9.47. The molecule has 0 unspecified atom stereocenters. The van der Waals surface area contributed by atoms with E-state index in [-0.39, 0.29) is 12.0 Å². The lowest BCUT2D eigenvalue weighted by molar-refractivity contribution is 0.277. The highest BCUT2D eigenvalue weighted by Crippen LogP contribution is 2.33. The van der Waals surface area contributed by atoms with Crippen LogP contribution in [0.15, 0.2) is 34.2 Å². The van der Waals surface area contributed by atoms with E-state index in [1.54, 1.807) is 11.8 Å². The number of hydrogen-bond donors (Lipinski definition) is 1. The lowest BCUT2D eigenvalue weighted by atomic mass is 9.87. The summed E-state index contributed by atoms with van der Waals surface area (Å²) in [6.45, 7) is 8.59. The smallest absolute Gasteiger partial charge is 0.104 e. The van der Waals surface area contributed by atoms with E-state index in [0.717, 1.165) is 21.2 Å². The Morgan fingerprint density at radius 1 is 1.20 bits per heavy atom. The second-order valence-corrected chi connectivity index (χ2v) is 7.09. The maximum absolute atomic E-state index is 9.47. The van der Waals surface area contributed by atoms with Crippen molar-refractivity contribution < 1.29 is 5.11 Å². The first-order valence-corrected chi connectivity index (χ1v) is 7.56. The molecule has 1 N–H and O–H groups in total. The molecule has 0 aliphatic carbocycles. The van der Waals surface area contributed by atoms with Gasteiger partial charge in [0.05, 0.1) is 12.3 Å². The van der Waals surface area contributed by atoms with Crippen LogP contribution in [0.25, 0.3) is 0 Å². The van der Waals surface area contributed by atoms with Gasteiger partial charge < -0.3 is 5.11 Å². The highest BCUT2D eigenvalue weighted by atomic mass is 32.2. The summed E-state index contributed by atoms with van der Waals surface area (Å²) in [7, 11) is 1.91. The van der Waals surface area contributed by atoms with Gasteiger partial charge in [-0.1, -0.05) is 44.7 Å². The number of aryl methyl sites for hydroxylation is 2. The molecule has 0 atom stereocenters. The van der Waals surface area contributed by atoms with Crippen molar-refractivity contribution in [1.82, 2.24) is 9.78 Å². The van der Waals surface area contributed by atoms with Gasteiger partial charge in [-0.05, 0) is 30.0 Å². The van der Waals surface area contributed by atoms with Crippen molar-refractivity contribution in [3.05, 3.63) is 41.1 Å². The molecule has 1 heterocycles. The van der Waals surface area contributed by atoms with E-state index in [4.69, 9.17) is 0 Å². The predicted molar refractivity (Wildman–Crippen MR) is 83.1 cm³/mol. The predicted octanol–water partition coefficient (Wildman–Crippen LogP) is 3.67. The van der Waals surface area contributed by atoms with E-state index >= 15 is 0 Å². The van der Waals surface area contributed by atoms with E-state index in [1.165, 1.54) is 5.56 Å². The van der Waals surface area contributed by atoms with Gasteiger partial charge in [-0.3, -0.25) is 4.68 Å². The molecule has 0 spiro atoms. The summed E-state index contributed by atoms with van der Waals surface area (Å²) in [5, 5.41) is 14.9. The molecule has 1 aromatic heterocycles. The van der Waals surface area contributed by atoms with E-state index in [9.17, 15) is 5.11 Å². The quantitative estimate of drug-likeness (QED) is 0.937. The molecule has 0 saturated carbocycles. The number of aliphatic hydroxyl groups excluding tert-OH is 1. The zero-order valence-corrected chi connectivity index (χ0v) is 13.6. The van der Waals surface area contributed by atoms with Crippen molar-refractivity contribution in [2.75, 3.05) is 0 Å². The van der Waals surface area contributed by atoms with Gasteiger partial charge in [-0.15, -0.1) is 0 Å². The molecule has 3 nitrogen and oxygen atoms in total. The van der Waals surface area contributed by atoms with Gasteiger partial charge in [-0.25, -0.2) is 0 Å². The summed E-state index contributed by atoms with van der Waals surface area (Å²) in [5.74, 6) is 0. The summed E-state index contributed by atoms with van der Waals surface area (Å²) in [6, 6.07) is 8.61. The molecule has 0 radical (unpaired) electrons. The van der Waals surface area contributed by atoms with Crippen LogP contribution in [0.1, 0.15) is 37.6 Å². The monoisotopic (exact) mass is 290 g/mol. The topological polar surface area (TPSA) is 38.0 Å². The number of benzene rings is 1. The Balaban J connectivity index is 2.27. The maximum Gasteiger partial charge on any atom is 0.104 e. The van der Waals surface area contributed by atoms with Crippen LogP contribution < -0.4 is 0 Å². The van der Waals surface area contributed by atoms with E-state index in [1.807, 2.05) is 18.7 Å². The molecule has 20 heavy (non-hydrogen) atoms. The van der Waals surface area contributed by atoms with Crippen LogP contribution in [0.5, 0.6) is 0 Å². The van der Waals surface area contributed by atoms with Gasteiger partial charge in [0.2, 0.25) is 0 Å². The zero-order chi connectivity index (χ0) is 14.9. The van der Waals surface area contributed by atoms with Crippen LogP contribution in [-0.2, 0) is 19.1 Å². The molecule has 4 heteroatoms. The molecule has 2 rings (SSSR count). The Labute approximate surface area is 125 Å². The second-order valence-electron chi connectivity index (χ2n) is 6.03. The van der Waals surface area contributed by atoms with Gasteiger partial charge in [-0.2, -0.15) is 5.10 Å². The fraction of sp³-hybridized carbons (Fsp3) is 0.438. The zero-order valence-electron chi connectivity index (χ0n) is 12.8. The Hall–Kier alpha value is -1.26. The van der Waals surface area contributed by atoms with E-state index in [2.05, 4.69) is 50.1 Å². The summed E-state index contributed by atoms with van der Waals surface area (Å²) < 4.78 is 1.84. The molecule has 2 aromatic rings. The van der Waals surface area contributed by atoms with Crippen molar-refractivity contribution in [2.45, 2.75) is 49.6 Å². The largest absolute Gasteiger partial charge is 0.392 e. The number of nitrogens with zero attached hydrogens (tertiary/aromatic N) is 2. The van der Waals surface area contributed by atoms with Gasteiger partial charge in [0.1, 0.15) is 5.03 Å². The highest BCUT2D eigenvalue weighted by Gasteiger charge is 2.15. The van der Waals surface area contributed by atoms with Crippen molar-refractivity contribution in [1.29, 1.82) is 0 Å². The first kappa shape index (κ1) is 15.1. The van der Waals surface area contributed by atoms with Crippen LogP contribution in [0.4, 0.5) is 0 Å². The lowest BCUT2D eigenvalue weighted by Crippen LogP contribution is -2.10. The van der Waals surface area contributed by atoms with Gasteiger partial charge in [0, 0.05) is 17.5 Å². The number of rotatable bonds is 3.